The topological polar surface area (TPSA) is 102 Å². The lowest BCUT2D eigenvalue weighted by atomic mass is 10.1. The number of nitrogens with zero attached hydrogens (tertiary/aromatic N) is 1. The Kier molecular flexibility index (Phi) is 7.09. The summed E-state index contributed by atoms with van der Waals surface area (Å²) < 4.78 is 51.9. The molecule has 0 saturated heterocycles. The van der Waals surface area contributed by atoms with Gasteiger partial charge < -0.3 is 20.1 Å². The van der Waals surface area contributed by atoms with Gasteiger partial charge in [0.05, 0.1) is 12.6 Å². The number of hydrogen-bond donors (Lipinski definition) is 3. The van der Waals surface area contributed by atoms with Gasteiger partial charge in [-0.15, -0.1) is 0 Å². The van der Waals surface area contributed by atoms with Crippen LogP contribution in [0.5, 0.6) is 17.2 Å². The maximum atomic E-state index is 13.1. The average molecular weight is 537 g/mol. The van der Waals surface area contributed by atoms with E-state index < -0.39 is 10.0 Å². The molecule has 38 heavy (non-hydrogen) atoms. The van der Waals surface area contributed by atoms with Crippen molar-refractivity contribution in [2.75, 3.05) is 37.9 Å². The van der Waals surface area contributed by atoms with Crippen molar-refractivity contribution in [3.8, 4) is 17.2 Å². The number of methoxy groups -OCH3 is 1. The molecule has 1 fully saturated rings. The molecule has 3 aromatic carbocycles. The number of anilines is 2. The highest BCUT2D eigenvalue weighted by atomic mass is 32.2. The third kappa shape index (κ3) is 5.66. The van der Waals surface area contributed by atoms with E-state index in [0.29, 0.717) is 22.4 Å². The summed E-state index contributed by atoms with van der Waals surface area (Å²) in [5.74, 6) is 1.05. The van der Waals surface area contributed by atoms with Gasteiger partial charge in [-0.2, -0.15) is 0 Å². The lowest BCUT2D eigenvalue weighted by Crippen LogP contribution is -2.23. The molecule has 10 heteroatoms. The van der Waals surface area contributed by atoms with Gasteiger partial charge in [-0.1, -0.05) is 0 Å². The van der Waals surface area contributed by atoms with Gasteiger partial charge in [0.1, 0.15) is 28.0 Å². The van der Waals surface area contributed by atoms with Crippen molar-refractivity contribution in [3.05, 3.63) is 78.7 Å². The number of pyridine rings is 1. The van der Waals surface area contributed by atoms with Gasteiger partial charge >= 0.3 is 0 Å². The van der Waals surface area contributed by atoms with Crippen LogP contribution in [-0.2, 0) is 10.0 Å². The average Bonchev–Trinajstić information content (AvgIpc) is 3.72. The number of aromatic nitrogens is 1. The molecule has 1 aliphatic rings. The molecule has 1 saturated carbocycles. The van der Waals surface area contributed by atoms with Crippen LogP contribution in [0.4, 0.5) is 15.8 Å². The summed E-state index contributed by atoms with van der Waals surface area (Å²) in [5.41, 5.74) is 2.61. The van der Waals surface area contributed by atoms with Gasteiger partial charge in [0, 0.05) is 47.5 Å². The van der Waals surface area contributed by atoms with Crippen molar-refractivity contribution in [2.45, 2.75) is 17.7 Å². The van der Waals surface area contributed by atoms with Gasteiger partial charge in [0.15, 0.2) is 0 Å². The van der Waals surface area contributed by atoms with E-state index in [1.54, 1.807) is 30.5 Å². The zero-order valence-corrected chi connectivity index (χ0v) is 21.9. The lowest BCUT2D eigenvalue weighted by Gasteiger charge is -2.18. The van der Waals surface area contributed by atoms with Crippen LogP contribution in [0.3, 0.4) is 0 Å². The van der Waals surface area contributed by atoms with E-state index in [0.717, 1.165) is 37.3 Å². The molecule has 3 N–H and O–H groups in total. The summed E-state index contributed by atoms with van der Waals surface area (Å²) >= 11 is 0. The molecule has 1 heterocycles. The Labute approximate surface area is 221 Å². The molecule has 8 nitrogen and oxygen atoms in total. The van der Waals surface area contributed by atoms with E-state index in [2.05, 4.69) is 20.3 Å². The van der Waals surface area contributed by atoms with E-state index in [-0.39, 0.29) is 21.9 Å². The second-order valence-corrected chi connectivity index (χ2v) is 11.2. The number of nitrogens with one attached hydrogen (secondary N) is 3. The first-order valence-corrected chi connectivity index (χ1v) is 13.7. The number of hydrogen-bond acceptors (Lipinski definition) is 7. The number of rotatable bonds is 11. The van der Waals surface area contributed by atoms with Crippen molar-refractivity contribution in [2.24, 2.45) is 5.41 Å². The minimum absolute atomic E-state index is 0.00956. The number of ether oxygens (including phenoxy) is 2. The van der Waals surface area contributed by atoms with Crippen LogP contribution in [0, 0.1) is 11.2 Å². The molecule has 0 bridgehead atoms. The van der Waals surface area contributed by atoms with Gasteiger partial charge in [-0.3, -0.25) is 4.98 Å². The Morgan fingerprint density at radius 1 is 0.921 bits per heavy atom. The normalized spacial score (nSPS) is 14.2. The Hall–Kier alpha value is -3.89. The zero-order chi connectivity index (χ0) is 26.8. The molecule has 4 aromatic rings. The molecule has 1 aromatic heterocycles. The van der Waals surface area contributed by atoms with Crippen molar-refractivity contribution in [3.63, 3.8) is 0 Å². The maximum absolute atomic E-state index is 13.1. The minimum atomic E-state index is -3.75. The van der Waals surface area contributed by atoms with E-state index in [9.17, 15) is 12.8 Å². The predicted octanol–water partition coefficient (Wildman–Crippen LogP) is 5.39. The smallest absolute Gasteiger partial charge is 0.244 e. The summed E-state index contributed by atoms with van der Waals surface area (Å²) in [6.45, 7) is 1.64. The fraction of sp³-hybridized carbons (Fsp3) is 0.250. The molecule has 0 aliphatic heterocycles. The summed E-state index contributed by atoms with van der Waals surface area (Å²) in [7, 11) is -0.984. The predicted molar refractivity (Wildman–Crippen MR) is 146 cm³/mol. The molecular weight excluding hydrogens is 507 g/mol. The van der Waals surface area contributed by atoms with Crippen LogP contribution in [-0.4, -0.2) is 40.6 Å². The van der Waals surface area contributed by atoms with Crippen molar-refractivity contribution in [1.82, 2.24) is 9.71 Å². The number of sulfonamides is 1. The lowest BCUT2D eigenvalue weighted by molar-refractivity contribution is 0.403. The number of fused-ring (bicyclic) bond motifs is 1. The highest BCUT2D eigenvalue weighted by Gasteiger charge is 2.42. The van der Waals surface area contributed by atoms with Gasteiger partial charge in [-0.25, -0.2) is 17.5 Å². The van der Waals surface area contributed by atoms with Crippen LogP contribution in [0.25, 0.3) is 10.9 Å². The van der Waals surface area contributed by atoms with Crippen LogP contribution in [0.15, 0.2) is 77.8 Å². The standard InChI is InChI=1S/C28H29FN4O4S/c1-30-38(34,35)27-15-23-24(16-26(27)36-2)31-14-11-25(23)37-22-9-7-21(8-10-22)33-18-28(12-13-28)17-32-20-5-3-19(29)4-6-20/h3-11,14-16,30,32-33H,12-13,17-18H2,1-2H3. The van der Waals surface area contributed by atoms with E-state index in [1.165, 1.54) is 32.4 Å². The summed E-state index contributed by atoms with van der Waals surface area (Å²) in [6.07, 6.45) is 3.86. The second kappa shape index (κ2) is 10.5. The van der Waals surface area contributed by atoms with Gasteiger partial charge in [-0.05, 0) is 80.6 Å². The first-order valence-electron chi connectivity index (χ1n) is 12.2. The molecular formula is C28H29FN4O4S. The van der Waals surface area contributed by atoms with Crippen LogP contribution >= 0.6 is 0 Å². The maximum Gasteiger partial charge on any atom is 0.244 e. The third-order valence-corrected chi connectivity index (χ3v) is 8.20. The zero-order valence-electron chi connectivity index (χ0n) is 21.1. The Morgan fingerprint density at radius 2 is 1.55 bits per heavy atom. The monoisotopic (exact) mass is 536 g/mol. The molecule has 0 radical (unpaired) electrons. The van der Waals surface area contributed by atoms with Crippen molar-refractivity contribution in [1.29, 1.82) is 0 Å². The van der Waals surface area contributed by atoms with E-state index in [1.807, 2.05) is 24.3 Å². The molecule has 0 unspecified atom stereocenters. The Morgan fingerprint density at radius 3 is 2.13 bits per heavy atom. The van der Waals surface area contributed by atoms with Crippen LogP contribution < -0.4 is 24.8 Å². The first-order chi connectivity index (χ1) is 18.3. The van der Waals surface area contributed by atoms with Gasteiger partial charge in [0.2, 0.25) is 10.0 Å². The molecule has 5 rings (SSSR count). The minimum Gasteiger partial charge on any atom is -0.495 e. The highest BCUT2D eigenvalue weighted by Crippen LogP contribution is 2.45. The summed E-state index contributed by atoms with van der Waals surface area (Å²) in [6, 6.07) is 18.8. The van der Waals surface area contributed by atoms with Crippen LogP contribution in [0.2, 0.25) is 0 Å². The van der Waals surface area contributed by atoms with Crippen molar-refractivity contribution < 1.29 is 22.3 Å². The van der Waals surface area contributed by atoms with E-state index >= 15 is 0 Å². The highest BCUT2D eigenvalue weighted by molar-refractivity contribution is 7.89. The quantitative estimate of drug-likeness (QED) is 0.236. The fourth-order valence-electron chi connectivity index (χ4n) is 4.20. The van der Waals surface area contributed by atoms with E-state index in [4.69, 9.17) is 9.47 Å². The molecule has 0 amide bonds. The molecule has 0 atom stereocenters. The Balaban J connectivity index is 1.26. The number of halogens is 1. The molecule has 198 valence electrons. The third-order valence-electron chi connectivity index (χ3n) is 6.76. The fourth-order valence-corrected chi connectivity index (χ4v) is 5.10. The summed E-state index contributed by atoms with van der Waals surface area (Å²) in [4.78, 5) is 4.35. The number of benzene rings is 3. The molecule has 0 spiro atoms. The second-order valence-electron chi connectivity index (χ2n) is 9.38. The summed E-state index contributed by atoms with van der Waals surface area (Å²) in [5, 5.41) is 7.46. The SMILES string of the molecule is CNS(=O)(=O)c1cc2c(Oc3ccc(NCC4(CNc5ccc(F)cc5)CC4)cc3)ccnc2cc1OC. The van der Waals surface area contributed by atoms with Crippen molar-refractivity contribution >= 4 is 32.3 Å². The first kappa shape index (κ1) is 25.7. The largest absolute Gasteiger partial charge is 0.495 e. The van der Waals surface area contributed by atoms with Gasteiger partial charge in [0.25, 0.3) is 0 Å². The molecule has 1 aliphatic carbocycles. The Bertz CT molecular complexity index is 1540. The van der Waals surface area contributed by atoms with Crippen LogP contribution in [0.1, 0.15) is 12.8 Å².